The third-order valence-electron chi connectivity index (χ3n) is 2.31. The maximum atomic E-state index is 13.2. The standard InChI is InChI=1S/C12H14FNO2/c1-5-8-10(7(4)13)11(15)9(6(2)3)12(16)14-8/h5-6H,1,4H2,2-3H3,(H2,14,15,16). The molecule has 0 aliphatic carbocycles. The van der Waals surface area contributed by atoms with Gasteiger partial charge in [-0.3, -0.25) is 4.79 Å². The topological polar surface area (TPSA) is 53.1 Å². The number of rotatable bonds is 3. The van der Waals surface area contributed by atoms with Gasteiger partial charge in [0.2, 0.25) is 0 Å². The minimum atomic E-state index is -0.800. The molecule has 3 nitrogen and oxygen atoms in total. The molecule has 0 aliphatic heterocycles. The molecule has 1 aromatic rings. The maximum absolute atomic E-state index is 13.2. The molecule has 1 rings (SSSR count). The number of pyridine rings is 1. The van der Waals surface area contributed by atoms with E-state index in [1.165, 1.54) is 6.08 Å². The highest BCUT2D eigenvalue weighted by Gasteiger charge is 2.19. The quantitative estimate of drug-likeness (QED) is 0.827. The molecular formula is C12H14FNO2. The molecule has 0 aromatic carbocycles. The first-order valence-corrected chi connectivity index (χ1v) is 4.86. The van der Waals surface area contributed by atoms with Crippen molar-refractivity contribution in [3.05, 3.63) is 40.3 Å². The number of halogens is 1. The van der Waals surface area contributed by atoms with Crippen molar-refractivity contribution < 1.29 is 9.50 Å². The van der Waals surface area contributed by atoms with Crippen LogP contribution in [0.3, 0.4) is 0 Å². The molecule has 0 saturated heterocycles. The number of hydrogen-bond acceptors (Lipinski definition) is 2. The smallest absolute Gasteiger partial charge is 0.255 e. The van der Waals surface area contributed by atoms with E-state index in [1.807, 2.05) is 0 Å². The van der Waals surface area contributed by atoms with E-state index in [4.69, 9.17) is 0 Å². The molecule has 0 amide bonds. The van der Waals surface area contributed by atoms with Crippen molar-refractivity contribution in [2.24, 2.45) is 0 Å². The van der Waals surface area contributed by atoms with Crippen LogP contribution in [-0.4, -0.2) is 10.1 Å². The van der Waals surface area contributed by atoms with E-state index in [-0.39, 0.29) is 28.5 Å². The van der Waals surface area contributed by atoms with Gasteiger partial charge in [0.15, 0.2) is 0 Å². The number of hydrogen-bond donors (Lipinski definition) is 2. The van der Waals surface area contributed by atoms with Gasteiger partial charge in [0.1, 0.15) is 11.6 Å². The molecule has 1 heterocycles. The van der Waals surface area contributed by atoms with E-state index >= 15 is 0 Å². The molecule has 0 atom stereocenters. The summed E-state index contributed by atoms with van der Waals surface area (Å²) in [5, 5.41) is 9.85. The van der Waals surface area contributed by atoms with Crippen molar-refractivity contribution in [2.75, 3.05) is 0 Å². The second kappa shape index (κ2) is 4.35. The van der Waals surface area contributed by atoms with Crippen molar-refractivity contribution in [1.82, 2.24) is 4.98 Å². The van der Waals surface area contributed by atoms with Crippen LogP contribution in [0.1, 0.15) is 36.6 Å². The summed E-state index contributed by atoms with van der Waals surface area (Å²) in [4.78, 5) is 14.1. The highest BCUT2D eigenvalue weighted by Crippen LogP contribution is 2.32. The van der Waals surface area contributed by atoms with Crippen LogP contribution in [0.5, 0.6) is 5.75 Å². The van der Waals surface area contributed by atoms with E-state index in [9.17, 15) is 14.3 Å². The Kier molecular flexibility index (Phi) is 3.32. The van der Waals surface area contributed by atoms with Crippen molar-refractivity contribution in [3.63, 3.8) is 0 Å². The zero-order valence-corrected chi connectivity index (χ0v) is 9.30. The molecule has 0 spiro atoms. The van der Waals surface area contributed by atoms with Crippen LogP contribution in [-0.2, 0) is 0 Å². The number of aromatic hydroxyl groups is 1. The second-order valence-electron chi connectivity index (χ2n) is 3.77. The van der Waals surface area contributed by atoms with Gasteiger partial charge in [-0.2, -0.15) is 0 Å². The van der Waals surface area contributed by atoms with E-state index in [1.54, 1.807) is 13.8 Å². The van der Waals surface area contributed by atoms with Gasteiger partial charge in [0.05, 0.1) is 16.8 Å². The fourth-order valence-corrected chi connectivity index (χ4v) is 1.59. The Morgan fingerprint density at radius 1 is 1.56 bits per heavy atom. The lowest BCUT2D eigenvalue weighted by atomic mass is 9.99. The Bertz CT molecular complexity index is 500. The summed E-state index contributed by atoms with van der Waals surface area (Å²) in [5.74, 6) is -1.37. The molecule has 0 bridgehead atoms. The van der Waals surface area contributed by atoms with Crippen molar-refractivity contribution in [3.8, 4) is 5.75 Å². The summed E-state index contributed by atoms with van der Waals surface area (Å²) in [7, 11) is 0. The summed E-state index contributed by atoms with van der Waals surface area (Å²) in [5.41, 5.74) is -0.246. The molecule has 0 saturated carbocycles. The molecule has 86 valence electrons. The van der Waals surface area contributed by atoms with E-state index in [0.29, 0.717) is 0 Å². The highest BCUT2D eigenvalue weighted by atomic mass is 19.1. The van der Waals surface area contributed by atoms with Crippen LogP contribution >= 0.6 is 0 Å². The average molecular weight is 223 g/mol. The molecule has 1 aromatic heterocycles. The van der Waals surface area contributed by atoms with Crippen molar-refractivity contribution >= 4 is 11.9 Å². The summed E-state index contributed by atoms with van der Waals surface area (Å²) < 4.78 is 13.2. The molecular weight excluding hydrogens is 209 g/mol. The molecule has 16 heavy (non-hydrogen) atoms. The number of nitrogens with one attached hydrogen (secondary N) is 1. The van der Waals surface area contributed by atoms with Crippen molar-refractivity contribution in [1.29, 1.82) is 0 Å². The third-order valence-corrected chi connectivity index (χ3v) is 2.31. The molecule has 2 N–H and O–H groups in total. The van der Waals surface area contributed by atoms with Gasteiger partial charge in [-0.25, -0.2) is 4.39 Å². The lowest BCUT2D eigenvalue weighted by Gasteiger charge is -2.12. The fourth-order valence-electron chi connectivity index (χ4n) is 1.59. The SMILES string of the molecule is C=Cc1[nH]c(=O)c(C(C)C)c(O)c1C(=C)F. The lowest BCUT2D eigenvalue weighted by molar-refractivity contribution is 0.458. The Labute approximate surface area is 92.9 Å². The van der Waals surface area contributed by atoms with E-state index in [0.717, 1.165) is 0 Å². The van der Waals surface area contributed by atoms with Gasteiger partial charge in [0.25, 0.3) is 5.56 Å². The Morgan fingerprint density at radius 3 is 2.50 bits per heavy atom. The van der Waals surface area contributed by atoms with Gasteiger partial charge in [-0.05, 0) is 12.0 Å². The Balaban J connectivity index is 3.72. The maximum Gasteiger partial charge on any atom is 0.255 e. The highest BCUT2D eigenvalue weighted by molar-refractivity contribution is 5.72. The molecule has 4 heteroatoms. The second-order valence-corrected chi connectivity index (χ2v) is 3.77. The van der Waals surface area contributed by atoms with Gasteiger partial charge in [0, 0.05) is 0 Å². The summed E-state index contributed by atoms with van der Waals surface area (Å²) in [6, 6.07) is 0. The van der Waals surface area contributed by atoms with Crippen LogP contribution in [0.25, 0.3) is 11.9 Å². The predicted molar refractivity (Wildman–Crippen MR) is 63.0 cm³/mol. The lowest BCUT2D eigenvalue weighted by Crippen LogP contribution is -2.16. The van der Waals surface area contributed by atoms with Crippen LogP contribution in [0.15, 0.2) is 18.0 Å². The largest absolute Gasteiger partial charge is 0.507 e. The molecule has 0 aliphatic rings. The summed E-state index contributed by atoms with van der Waals surface area (Å²) >= 11 is 0. The Hall–Kier alpha value is -1.84. The van der Waals surface area contributed by atoms with Gasteiger partial charge < -0.3 is 10.1 Å². The third kappa shape index (κ3) is 1.91. The van der Waals surface area contributed by atoms with E-state index in [2.05, 4.69) is 18.1 Å². The first-order valence-electron chi connectivity index (χ1n) is 4.86. The van der Waals surface area contributed by atoms with Crippen molar-refractivity contribution in [2.45, 2.75) is 19.8 Å². The van der Waals surface area contributed by atoms with Crippen LogP contribution in [0.2, 0.25) is 0 Å². The average Bonchev–Trinajstić information content (AvgIpc) is 2.14. The van der Waals surface area contributed by atoms with E-state index < -0.39 is 11.4 Å². The minimum Gasteiger partial charge on any atom is -0.507 e. The fraction of sp³-hybridized carbons (Fsp3) is 0.250. The van der Waals surface area contributed by atoms with Crippen LogP contribution in [0.4, 0.5) is 4.39 Å². The number of aromatic nitrogens is 1. The molecule has 0 radical (unpaired) electrons. The summed E-state index contributed by atoms with van der Waals surface area (Å²) in [6.45, 7) is 10.0. The number of H-pyrrole nitrogens is 1. The predicted octanol–water partition coefficient (Wildman–Crippen LogP) is 2.79. The van der Waals surface area contributed by atoms with Crippen LogP contribution in [0, 0.1) is 0 Å². The minimum absolute atomic E-state index is 0.0988. The van der Waals surface area contributed by atoms with Gasteiger partial charge in [-0.1, -0.05) is 27.0 Å². The zero-order valence-electron chi connectivity index (χ0n) is 9.30. The first-order chi connectivity index (χ1) is 7.40. The first kappa shape index (κ1) is 12.2. The normalized spacial score (nSPS) is 10.5. The van der Waals surface area contributed by atoms with Gasteiger partial charge in [-0.15, -0.1) is 0 Å². The Morgan fingerprint density at radius 2 is 2.12 bits per heavy atom. The summed E-state index contributed by atoms with van der Waals surface area (Å²) in [6.07, 6.45) is 1.27. The molecule has 0 fully saturated rings. The molecule has 0 unspecified atom stereocenters. The number of aromatic amines is 1. The zero-order chi connectivity index (χ0) is 12.5. The van der Waals surface area contributed by atoms with Gasteiger partial charge >= 0.3 is 0 Å². The van der Waals surface area contributed by atoms with Crippen LogP contribution < -0.4 is 5.56 Å². The monoisotopic (exact) mass is 223 g/mol.